The highest BCUT2D eigenvalue weighted by Gasteiger charge is 2.20. The first-order chi connectivity index (χ1) is 25.3. The van der Waals surface area contributed by atoms with E-state index >= 15 is 0 Å². The maximum Gasteiger partial charge on any atom is 0.338 e. The summed E-state index contributed by atoms with van der Waals surface area (Å²) >= 11 is 1.36. The number of carbonyl (C=O) groups excluding carboxylic acids is 4. The van der Waals surface area contributed by atoms with E-state index < -0.39 is 23.0 Å². The second kappa shape index (κ2) is 18.7. The molecule has 0 aliphatic rings. The Labute approximate surface area is 307 Å². The van der Waals surface area contributed by atoms with Crippen molar-refractivity contribution in [2.75, 3.05) is 17.2 Å². The number of hydrogen-bond donors (Lipinski definition) is 3. The van der Waals surface area contributed by atoms with Crippen LogP contribution in [0.25, 0.3) is 6.08 Å². The molecule has 0 aliphatic heterocycles. The van der Waals surface area contributed by atoms with E-state index in [0.29, 0.717) is 46.8 Å². The molecule has 5 aromatic rings. The monoisotopic (exact) mass is 713 g/mol. The molecule has 0 radical (unpaired) electrons. The SMILES string of the molecule is CCOC(=O)c1ccc(NC(=O)C(CC)Sc2cccc(NC(=O)/C(=C/c3ccc(OCc4ccccc4)cc3)NC(=O)c3ccccc3)c2)cc1. The number of carbonyl (C=O) groups is 4. The fourth-order valence-electron chi connectivity index (χ4n) is 4.97. The first-order valence-electron chi connectivity index (χ1n) is 16.8. The molecular weight excluding hydrogens is 675 g/mol. The second-order valence-electron chi connectivity index (χ2n) is 11.5. The molecule has 10 heteroatoms. The van der Waals surface area contributed by atoms with Crippen LogP contribution < -0.4 is 20.7 Å². The molecule has 0 fully saturated rings. The van der Waals surface area contributed by atoms with Gasteiger partial charge < -0.3 is 25.4 Å². The normalized spacial score (nSPS) is 11.5. The lowest BCUT2D eigenvalue weighted by Crippen LogP contribution is -2.30. The first kappa shape index (κ1) is 37.1. The molecule has 52 heavy (non-hydrogen) atoms. The largest absolute Gasteiger partial charge is 0.489 e. The zero-order chi connectivity index (χ0) is 36.7. The van der Waals surface area contributed by atoms with Gasteiger partial charge in [0.2, 0.25) is 5.91 Å². The van der Waals surface area contributed by atoms with Crippen molar-refractivity contribution < 1.29 is 28.7 Å². The Bertz CT molecular complexity index is 2000. The summed E-state index contributed by atoms with van der Waals surface area (Å²) in [7, 11) is 0. The smallest absolute Gasteiger partial charge is 0.338 e. The van der Waals surface area contributed by atoms with E-state index in [4.69, 9.17) is 9.47 Å². The molecule has 9 nitrogen and oxygen atoms in total. The number of amides is 3. The highest BCUT2D eigenvalue weighted by atomic mass is 32.2. The minimum atomic E-state index is -0.521. The molecule has 0 aliphatic carbocycles. The van der Waals surface area contributed by atoms with Crippen LogP contribution in [-0.4, -0.2) is 35.5 Å². The molecule has 0 spiro atoms. The minimum Gasteiger partial charge on any atom is -0.489 e. The fourth-order valence-corrected chi connectivity index (χ4v) is 5.98. The van der Waals surface area contributed by atoms with Gasteiger partial charge in [-0.15, -0.1) is 11.8 Å². The van der Waals surface area contributed by atoms with Gasteiger partial charge >= 0.3 is 5.97 Å². The van der Waals surface area contributed by atoms with Gasteiger partial charge in [-0.05, 0) is 97.3 Å². The molecule has 5 rings (SSSR count). The number of anilines is 2. The van der Waals surface area contributed by atoms with Crippen molar-refractivity contribution in [1.82, 2.24) is 5.32 Å². The van der Waals surface area contributed by atoms with Crippen LogP contribution in [0.3, 0.4) is 0 Å². The molecule has 3 amide bonds. The van der Waals surface area contributed by atoms with E-state index in [9.17, 15) is 19.2 Å². The molecule has 0 bridgehead atoms. The van der Waals surface area contributed by atoms with Gasteiger partial charge in [0, 0.05) is 21.8 Å². The Morgan fingerprint density at radius 2 is 1.40 bits per heavy atom. The van der Waals surface area contributed by atoms with Crippen LogP contribution in [0, 0.1) is 0 Å². The molecule has 1 atom stereocenters. The lowest BCUT2D eigenvalue weighted by Gasteiger charge is -2.16. The summed E-state index contributed by atoms with van der Waals surface area (Å²) in [6.45, 7) is 4.36. The van der Waals surface area contributed by atoms with Crippen LogP contribution in [0.5, 0.6) is 5.75 Å². The van der Waals surface area contributed by atoms with Gasteiger partial charge in [0.15, 0.2) is 0 Å². The maximum atomic E-state index is 13.7. The molecular formula is C42H39N3O6S. The lowest BCUT2D eigenvalue weighted by molar-refractivity contribution is -0.116. The number of ether oxygens (including phenoxy) is 2. The average Bonchev–Trinajstić information content (AvgIpc) is 3.17. The number of hydrogen-bond acceptors (Lipinski definition) is 7. The van der Waals surface area contributed by atoms with Crippen LogP contribution in [0.15, 0.2) is 144 Å². The van der Waals surface area contributed by atoms with E-state index in [1.165, 1.54) is 11.8 Å². The Balaban J connectivity index is 1.27. The Hall–Kier alpha value is -6.13. The number of benzene rings is 5. The minimum absolute atomic E-state index is 0.0460. The van der Waals surface area contributed by atoms with Crippen molar-refractivity contribution in [1.29, 1.82) is 0 Å². The Morgan fingerprint density at radius 3 is 2.08 bits per heavy atom. The van der Waals surface area contributed by atoms with E-state index in [1.807, 2.05) is 73.7 Å². The molecule has 0 aromatic heterocycles. The van der Waals surface area contributed by atoms with Gasteiger partial charge in [-0.1, -0.05) is 73.7 Å². The zero-order valence-electron chi connectivity index (χ0n) is 28.8. The number of esters is 1. The molecule has 5 aromatic carbocycles. The first-order valence-corrected chi connectivity index (χ1v) is 17.7. The average molecular weight is 714 g/mol. The van der Waals surface area contributed by atoms with Crippen LogP contribution in [0.1, 0.15) is 52.1 Å². The summed E-state index contributed by atoms with van der Waals surface area (Å²) in [5.74, 6) is -0.903. The standard InChI is InChI=1S/C42H39N3O6S/c1-3-38(41(48)43-33-22-20-32(21-23-33)42(49)50-4-2)52-36-17-11-16-34(27-36)44-40(47)37(45-39(46)31-14-9-6-10-15-31)26-29-18-24-35(25-19-29)51-28-30-12-7-5-8-13-30/h5-27,38H,3-4,28H2,1-2H3,(H,43,48)(H,44,47)(H,45,46)/b37-26-. The van der Waals surface area contributed by atoms with Crippen LogP contribution in [0.2, 0.25) is 0 Å². The maximum absolute atomic E-state index is 13.7. The van der Waals surface area contributed by atoms with Gasteiger partial charge in [-0.25, -0.2) is 4.79 Å². The Morgan fingerprint density at radius 1 is 0.712 bits per heavy atom. The predicted molar refractivity (Wildman–Crippen MR) is 205 cm³/mol. The van der Waals surface area contributed by atoms with Gasteiger partial charge in [0.1, 0.15) is 18.1 Å². The fraction of sp³-hybridized carbons (Fsp3) is 0.143. The zero-order valence-corrected chi connectivity index (χ0v) is 29.7. The quantitative estimate of drug-likeness (QED) is 0.0566. The van der Waals surface area contributed by atoms with Crippen molar-refractivity contribution in [2.45, 2.75) is 37.0 Å². The molecule has 0 saturated carbocycles. The molecule has 0 saturated heterocycles. The highest BCUT2D eigenvalue weighted by molar-refractivity contribution is 8.00. The number of rotatable bonds is 15. The summed E-state index contributed by atoms with van der Waals surface area (Å²) in [6.07, 6.45) is 2.15. The lowest BCUT2D eigenvalue weighted by atomic mass is 10.1. The van der Waals surface area contributed by atoms with Crippen molar-refractivity contribution in [2.24, 2.45) is 0 Å². The number of nitrogens with one attached hydrogen (secondary N) is 3. The molecule has 0 heterocycles. The van der Waals surface area contributed by atoms with Gasteiger partial charge in [0.05, 0.1) is 17.4 Å². The van der Waals surface area contributed by atoms with E-state index in [1.54, 1.807) is 79.7 Å². The van der Waals surface area contributed by atoms with Crippen LogP contribution in [-0.2, 0) is 20.9 Å². The van der Waals surface area contributed by atoms with Crippen molar-refractivity contribution in [3.05, 3.63) is 161 Å². The van der Waals surface area contributed by atoms with Crippen LogP contribution >= 0.6 is 11.8 Å². The van der Waals surface area contributed by atoms with Gasteiger partial charge in [-0.2, -0.15) is 0 Å². The predicted octanol–water partition coefficient (Wildman–Crippen LogP) is 8.36. The second-order valence-corrected chi connectivity index (χ2v) is 12.8. The van der Waals surface area contributed by atoms with Crippen molar-refractivity contribution in [3.8, 4) is 5.75 Å². The topological polar surface area (TPSA) is 123 Å². The summed E-state index contributed by atoms with van der Waals surface area (Å²) in [4.78, 5) is 52.7. The van der Waals surface area contributed by atoms with E-state index in [0.717, 1.165) is 10.5 Å². The van der Waals surface area contributed by atoms with Gasteiger partial charge in [0.25, 0.3) is 11.8 Å². The number of thioether (sulfide) groups is 1. The Kier molecular flexibility index (Phi) is 13.4. The summed E-state index contributed by atoms with van der Waals surface area (Å²) in [5, 5.41) is 8.14. The third kappa shape index (κ3) is 10.9. The van der Waals surface area contributed by atoms with Gasteiger partial charge in [-0.3, -0.25) is 14.4 Å². The molecule has 264 valence electrons. The summed E-state index contributed by atoms with van der Waals surface area (Å²) in [5.41, 5.74) is 3.63. The summed E-state index contributed by atoms with van der Waals surface area (Å²) in [6, 6.07) is 39.4. The van der Waals surface area contributed by atoms with E-state index in [2.05, 4.69) is 16.0 Å². The molecule has 3 N–H and O–H groups in total. The van der Waals surface area contributed by atoms with Crippen molar-refractivity contribution in [3.63, 3.8) is 0 Å². The van der Waals surface area contributed by atoms with E-state index in [-0.39, 0.29) is 18.2 Å². The third-order valence-electron chi connectivity index (χ3n) is 7.67. The highest BCUT2D eigenvalue weighted by Crippen LogP contribution is 2.29. The van der Waals surface area contributed by atoms with Crippen molar-refractivity contribution >= 4 is 52.9 Å². The molecule has 1 unspecified atom stereocenters. The third-order valence-corrected chi connectivity index (χ3v) is 9.02. The van der Waals surface area contributed by atoms with Crippen LogP contribution in [0.4, 0.5) is 11.4 Å². The summed E-state index contributed by atoms with van der Waals surface area (Å²) < 4.78 is 10.9.